The molecule has 2 fully saturated rings. The lowest BCUT2D eigenvalue weighted by Gasteiger charge is -2.29. The lowest BCUT2D eigenvalue weighted by molar-refractivity contribution is -0.122. The first kappa shape index (κ1) is 22.9. The summed E-state index contributed by atoms with van der Waals surface area (Å²) in [4.78, 5) is 25.9. The van der Waals surface area contributed by atoms with Gasteiger partial charge < -0.3 is 21.1 Å². The zero-order chi connectivity index (χ0) is 23.7. The number of nitrogens with zero attached hydrogens (tertiary/aromatic N) is 4. The Morgan fingerprint density at radius 2 is 1.91 bits per heavy atom. The van der Waals surface area contributed by atoms with Gasteiger partial charge in [0.2, 0.25) is 17.8 Å². The van der Waals surface area contributed by atoms with Crippen molar-refractivity contribution in [1.82, 2.24) is 19.5 Å². The molecule has 4 N–H and O–H groups in total. The Morgan fingerprint density at radius 1 is 1.15 bits per heavy atom. The van der Waals surface area contributed by atoms with Crippen molar-refractivity contribution in [3.63, 3.8) is 0 Å². The van der Waals surface area contributed by atoms with Crippen LogP contribution in [-0.4, -0.2) is 44.7 Å². The maximum atomic E-state index is 11.7. The standard InChI is InChI=1S/C24H30ClN7O2/c1-14-2-7-19(18(25)12-14)29-24-30-20-13-27-23(28-16-8-10-34-11-9-16)31-22(20)32(24)17-5-3-15(4-6-17)21(26)33/h2,7,12-13,15-17H,3-6,8-11H2,1H3,(H2,26,33)(H,29,30)(H,27,28,31)/t15-,17-. The number of ether oxygens (including phenoxy) is 1. The van der Waals surface area contributed by atoms with E-state index in [0.717, 1.165) is 68.6 Å². The number of aromatic nitrogens is 4. The minimum absolute atomic E-state index is 0.0747. The first-order chi connectivity index (χ1) is 16.5. The van der Waals surface area contributed by atoms with Crippen molar-refractivity contribution in [2.75, 3.05) is 23.8 Å². The topological polar surface area (TPSA) is 120 Å². The highest BCUT2D eigenvalue weighted by Crippen LogP contribution is 2.37. The molecule has 3 aromatic rings. The third-order valence-corrected chi connectivity index (χ3v) is 7.14. The van der Waals surface area contributed by atoms with Gasteiger partial charge in [-0.2, -0.15) is 4.98 Å². The number of carbonyl (C=O) groups is 1. The monoisotopic (exact) mass is 483 g/mol. The van der Waals surface area contributed by atoms with E-state index >= 15 is 0 Å². The number of fused-ring (bicyclic) bond motifs is 1. The lowest BCUT2D eigenvalue weighted by Crippen LogP contribution is -2.29. The van der Waals surface area contributed by atoms with Crippen LogP contribution in [0, 0.1) is 12.8 Å². The predicted octanol–water partition coefficient (Wildman–Crippen LogP) is 4.34. The molecule has 1 aliphatic heterocycles. The number of rotatable bonds is 6. The van der Waals surface area contributed by atoms with Crippen LogP contribution in [0.2, 0.25) is 5.02 Å². The highest BCUT2D eigenvalue weighted by molar-refractivity contribution is 6.33. The number of hydrogen-bond acceptors (Lipinski definition) is 7. The van der Waals surface area contributed by atoms with Gasteiger partial charge in [0, 0.05) is 31.2 Å². The van der Waals surface area contributed by atoms with E-state index in [1.807, 2.05) is 25.1 Å². The Labute approximate surface area is 203 Å². The summed E-state index contributed by atoms with van der Waals surface area (Å²) in [6.45, 7) is 3.49. The van der Waals surface area contributed by atoms with E-state index in [4.69, 9.17) is 32.0 Å². The van der Waals surface area contributed by atoms with Crippen molar-refractivity contribution >= 4 is 46.3 Å². The van der Waals surface area contributed by atoms with Gasteiger partial charge >= 0.3 is 0 Å². The number of halogens is 1. The van der Waals surface area contributed by atoms with Gasteiger partial charge in [-0.15, -0.1) is 0 Å². The smallest absolute Gasteiger partial charge is 0.224 e. The molecule has 180 valence electrons. The molecule has 1 saturated heterocycles. The molecule has 1 aromatic carbocycles. The Bertz CT molecular complexity index is 1180. The van der Waals surface area contributed by atoms with E-state index in [2.05, 4.69) is 20.2 Å². The zero-order valence-corrected chi connectivity index (χ0v) is 20.0. The molecule has 9 nitrogen and oxygen atoms in total. The van der Waals surface area contributed by atoms with E-state index < -0.39 is 0 Å². The third-order valence-electron chi connectivity index (χ3n) is 6.82. The SMILES string of the molecule is Cc1ccc(Nc2nc3cnc(NC4CCOCC4)nc3n2[C@H]2CC[C@H](C(N)=O)CC2)c(Cl)c1. The van der Waals surface area contributed by atoms with Crippen molar-refractivity contribution in [3.05, 3.63) is 35.0 Å². The molecule has 1 amide bonds. The molecule has 0 bridgehead atoms. The Hall–Kier alpha value is -2.91. The van der Waals surface area contributed by atoms with Gasteiger partial charge in [-0.05, 0) is 63.1 Å². The first-order valence-corrected chi connectivity index (χ1v) is 12.3. The van der Waals surface area contributed by atoms with E-state index in [9.17, 15) is 4.79 Å². The molecule has 0 unspecified atom stereocenters. The summed E-state index contributed by atoms with van der Waals surface area (Å²) in [7, 11) is 0. The van der Waals surface area contributed by atoms with Crippen molar-refractivity contribution in [3.8, 4) is 0 Å². The van der Waals surface area contributed by atoms with Crippen LogP contribution >= 0.6 is 11.6 Å². The molecule has 3 heterocycles. The molecule has 1 saturated carbocycles. The van der Waals surface area contributed by atoms with E-state index in [-0.39, 0.29) is 23.9 Å². The molecule has 2 aromatic heterocycles. The van der Waals surface area contributed by atoms with Crippen molar-refractivity contribution in [2.45, 2.75) is 57.5 Å². The van der Waals surface area contributed by atoms with Gasteiger partial charge in [-0.3, -0.25) is 9.36 Å². The summed E-state index contributed by atoms with van der Waals surface area (Å²) < 4.78 is 7.60. The predicted molar refractivity (Wildman–Crippen MR) is 132 cm³/mol. The highest BCUT2D eigenvalue weighted by Gasteiger charge is 2.29. The second kappa shape index (κ2) is 9.76. The van der Waals surface area contributed by atoms with Gasteiger partial charge in [0.15, 0.2) is 5.65 Å². The number of anilines is 3. The number of carbonyl (C=O) groups excluding carboxylic acids is 1. The number of nitrogens with two attached hydrogens (primary N) is 1. The highest BCUT2D eigenvalue weighted by atomic mass is 35.5. The van der Waals surface area contributed by atoms with Crippen LogP contribution in [0.1, 0.15) is 50.1 Å². The maximum Gasteiger partial charge on any atom is 0.224 e. The van der Waals surface area contributed by atoms with Crippen LogP contribution in [0.4, 0.5) is 17.6 Å². The summed E-state index contributed by atoms with van der Waals surface area (Å²) in [6, 6.07) is 6.31. The molecule has 34 heavy (non-hydrogen) atoms. The molecule has 5 rings (SSSR count). The van der Waals surface area contributed by atoms with Gasteiger partial charge in [0.05, 0.1) is 16.9 Å². The minimum Gasteiger partial charge on any atom is -0.381 e. The fourth-order valence-corrected chi connectivity index (χ4v) is 5.16. The van der Waals surface area contributed by atoms with E-state index in [1.54, 1.807) is 6.20 Å². The fourth-order valence-electron chi connectivity index (χ4n) is 4.88. The molecular weight excluding hydrogens is 454 g/mol. The summed E-state index contributed by atoms with van der Waals surface area (Å²) in [5.41, 5.74) is 8.91. The molecule has 1 aliphatic carbocycles. The number of hydrogen-bond donors (Lipinski definition) is 3. The largest absolute Gasteiger partial charge is 0.381 e. The maximum absolute atomic E-state index is 11.7. The number of primary amides is 1. The first-order valence-electron chi connectivity index (χ1n) is 11.9. The third kappa shape index (κ3) is 4.81. The van der Waals surface area contributed by atoms with Crippen LogP contribution in [0.15, 0.2) is 24.4 Å². The van der Waals surface area contributed by atoms with Crippen molar-refractivity contribution in [1.29, 1.82) is 0 Å². The van der Waals surface area contributed by atoms with Crippen LogP contribution in [0.5, 0.6) is 0 Å². The minimum atomic E-state index is -0.219. The van der Waals surface area contributed by atoms with Gasteiger partial charge in [0.25, 0.3) is 0 Å². The Balaban J connectivity index is 1.50. The molecule has 0 atom stereocenters. The van der Waals surface area contributed by atoms with Crippen LogP contribution < -0.4 is 16.4 Å². The Kier molecular flexibility index (Phi) is 6.56. The van der Waals surface area contributed by atoms with E-state index in [0.29, 0.717) is 22.4 Å². The zero-order valence-electron chi connectivity index (χ0n) is 19.3. The quantitative estimate of drug-likeness (QED) is 0.477. The molecule has 10 heteroatoms. The van der Waals surface area contributed by atoms with Crippen LogP contribution in [-0.2, 0) is 9.53 Å². The van der Waals surface area contributed by atoms with Gasteiger partial charge in [-0.25, -0.2) is 9.97 Å². The second-order valence-electron chi connectivity index (χ2n) is 9.25. The summed E-state index contributed by atoms with van der Waals surface area (Å²) >= 11 is 6.50. The Morgan fingerprint density at radius 3 is 2.62 bits per heavy atom. The lowest BCUT2D eigenvalue weighted by atomic mass is 9.85. The van der Waals surface area contributed by atoms with Gasteiger partial charge in [-0.1, -0.05) is 17.7 Å². The number of benzene rings is 1. The number of nitrogens with one attached hydrogen (secondary N) is 2. The number of aryl methyl sites for hydroxylation is 1. The molecule has 2 aliphatic rings. The number of amides is 1. The normalized spacial score (nSPS) is 21.5. The summed E-state index contributed by atoms with van der Waals surface area (Å²) in [6.07, 6.45) is 6.76. The van der Waals surface area contributed by atoms with Crippen molar-refractivity contribution in [2.24, 2.45) is 11.7 Å². The average Bonchev–Trinajstić information content (AvgIpc) is 3.19. The molecule has 0 radical (unpaired) electrons. The molecular formula is C24H30ClN7O2. The number of imidazole rings is 1. The molecule has 0 spiro atoms. The second-order valence-corrected chi connectivity index (χ2v) is 9.66. The van der Waals surface area contributed by atoms with Gasteiger partial charge in [0.1, 0.15) is 5.52 Å². The van der Waals surface area contributed by atoms with Crippen molar-refractivity contribution < 1.29 is 9.53 Å². The summed E-state index contributed by atoms with van der Waals surface area (Å²) in [5.74, 6) is 0.963. The summed E-state index contributed by atoms with van der Waals surface area (Å²) in [5, 5.41) is 7.50. The van der Waals surface area contributed by atoms with Crippen LogP contribution in [0.25, 0.3) is 11.2 Å². The average molecular weight is 484 g/mol. The van der Waals surface area contributed by atoms with Crippen LogP contribution in [0.3, 0.4) is 0 Å². The van der Waals surface area contributed by atoms with E-state index in [1.165, 1.54) is 0 Å². The fraction of sp³-hybridized carbons (Fsp3) is 0.500.